The van der Waals surface area contributed by atoms with E-state index in [0.717, 1.165) is 31.8 Å². The van der Waals surface area contributed by atoms with Crippen LogP contribution in [0.5, 0.6) is 11.6 Å². The van der Waals surface area contributed by atoms with Gasteiger partial charge in [0, 0.05) is 37.8 Å². The zero-order valence-corrected chi connectivity index (χ0v) is 20.5. The normalized spacial score (nSPS) is 17.9. The molecule has 2 aromatic rings. The number of fused-ring (bicyclic) bond motifs is 1. The van der Waals surface area contributed by atoms with Gasteiger partial charge in [-0.3, -0.25) is 4.99 Å². The van der Waals surface area contributed by atoms with Crippen LogP contribution in [-0.4, -0.2) is 60.5 Å². The van der Waals surface area contributed by atoms with Crippen molar-refractivity contribution in [3.05, 3.63) is 52.1 Å². The summed E-state index contributed by atoms with van der Waals surface area (Å²) in [5.41, 5.74) is 3.20. The molecule has 1 saturated heterocycles. The Bertz CT molecular complexity index is 1240. The molecule has 1 aliphatic carbocycles. The summed E-state index contributed by atoms with van der Waals surface area (Å²) in [7, 11) is 2.07. The molecule has 1 aromatic heterocycles. The number of anilines is 2. The van der Waals surface area contributed by atoms with E-state index in [9.17, 15) is 4.39 Å². The molecule has 7 nitrogen and oxygen atoms in total. The largest absolute Gasteiger partial charge is 0.433 e. The third kappa shape index (κ3) is 4.91. The van der Waals surface area contributed by atoms with Crippen LogP contribution in [0.15, 0.2) is 34.3 Å². The number of piperazine rings is 1. The molecule has 0 atom stereocenters. The van der Waals surface area contributed by atoms with Gasteiger partial charge in [0.1, 0.15) is 11.7 Å². The summed E-state index contributed by atoms with van der Waals surface area (Å²) in [6.45, 7) is 10.00. The zero-order valence-electron chi connectivity index (χ0n) is 20.5. The number of nitrogens with zero attached hydrogens (tertiary/aromatic N) is 5. The van der Waals surface area contributed by atoms with E-state index in [1.807, 2.05) is 17.9 Å². The van der Waals surface area contributed by atoms with Crippen LogP contribution >= 0.6 is 0 Å². The number of allylic oxidation sites excluding steroid dienone is 1. The van der Waals surface area contributed by atoms with Crippen molar-refractivity contribution in [3.8, 4) is 11.6 Å². The number of halogens is 2. The van der Waals surface area contributed by atoms with Gasteiger partial charge in [-0.2, -0.15) is 9.97 Å². The summed E-state index contributed by atoms with van der Waals surface area (Å²) >= 11 is 0. The number of benzene rings is 1. The maximum atomic E-state index is 15.2. The summed E-state index contributed by atoms with van der Waals surface area (Å²) in [4.78, 5) is 18.0. The highest BCUT2D eigenvalue weighted by Crippen LogP contribution is 2.37. The molecule has 0 amide bonds. The average Bonchev–Trinajstić information content (AvgIpc) is 3.43. The minimum atomic E-state index is -0.747. The number of hydrogen-bond donors (Lipinski definition) is 1. The molecule has 2 aliphatic heterocycles. The monoisotopic (exact) mass is 480 g/mol. The third-order valence-corrected chi connectivity index (χ3v) is 6.60. The SMILES string of the molecule is CC1=Cc2c(cc(F)c(Oc3cc(NC4=NCC(C(C)C)=C4)nc(N4CCN(C)CC4)n3)c2F)C1. The molecule has 0 unspecified atom stereocenters. The van der Waals surface area contributed by atoms with E-state index in [1.54, 1.807) is 12.1 Å². The number of aliphatic imine (C=N–C) groups is 1. The van der Waals surface area contributed by atoms with Gasteiger partial charge in [-0.1, -0.05) is 25.5 Å². The van der Waals surface area contributed by atoms with Gasteiger partial charge < -0.3 is 19.9 Å². The van der Waals surface area contributed by atoms with Crippen LogP contribution in [0.25, 0.3) is 6.08 Å². The summed E-state index contributed by atoms with van der Waals surface area (Å²) < 4.78 is 35.9. The lowest BCUT2D eigenvalue weighted by atomic mass is 10.0. The number of aromatic nitrogens is 2. The van der Waals surface area contributed by atoms with Crippen LogP contribution in [0.3, 0.4) is 0 Å². The van der Waals surface area contributed by atoms with Crippen LogP contribution in [0, 0.1) is 17.6 Å². The van der Waals surface area contributed by atoms with E-state index in [2.05, 4.69) is 46.1 Å². The van der Waals surface area contributed by atoms with Gasteiger partial charge >= 0.3 is 0 Å². The molecule has 9 heteroatoms. The highest BCUT2D eigenvalue weighted by molar-refractivity contribution is 6.05. The predicted octanol–water partition coefficient (Wildman–Crippen LogP) is 4.66. The van der Waals surface area contributed by atoms with E-state index in [4.69, 9.17) is 4.74 Å². The molecular formula is C26H30F2N6O. The maximum Gasteiger partial charge on any atom is 0.230 e. The fraction of sp³-hybridized carbons (Fsp3) is 0.423. The quantitative estimate of drug-likeness (QED) is 0.671. The molecule has 35 heavy (non-hydrogen) atoms. The molecule has 1 aromatic carbocycles. The second-order valence-electron chi connectivity index (χ2n) is 9.73. The van der Waals surface area contributed by atoms with Crippen LogP contribution in [0.4, 0.5) is 20.5 Å². The Labute approximate surface area is 204 Å². The number of hydrogen-bond acceptors (Lipinski definition) is 7. The van der Waals surface area contributed by atoms with Crippen molar-refractivity contribution in [1.29, 1.82) is 0 Å². The lowest BCUT2D eigenvalue weighted by Gasteiger charge is -2.32. The molecule has 0 spiro atoms. The number of ether oxygens (including phenoxy) is 1. The highest BCUT2D eigenvalue weighted by Gasteiger charge is 2.25. The molecule has 0 saturated carbocycles. The van der Waals surface area contributed by atoms with Crippen molar-refractivity contribution in [3.63, 3.8) is 0 Å². The summed E-state index contributed by atoms with van der Waals surface area (Å²) in [6.07, 6.45) is 4.28. The van der Waals surface area contributed by atoms with E-state index in [-0.39, 0.29) is 5.88 Å². The Balaban J connectivity index is 1.48. The van der Waals surface area contributed by atoms with E-state index >= 15 is 4.39 Å². The lowest BCUT2D eigenvalue weighted by Crippen LogP contribution is -2.45. The van der Waals surface area contributed by atoms with Crippen LogP contribution in [0.2, 0.25) is 0 Å². The number of rotatable bonds is 5. The van der Waals surface area contributed by atoms with Gasteiger partial charge in [-0.05, 0) is 49.6 Å². The lowest BCUT2D eigenvalue weighted by molar-refractivity contribution is 0.310. The van der Waals surface area contributed by atoms with E-state index in [0.29, 0.717) is 47.6 Å². The molecule has 184 valence electrons. The summed E-state index contributed by atoms with van der Waals surface area (Å²) in [6, 6.07) is 2.89. The topological polar surface area (TPSA) is 65.9 Å². The van der Waals surface area contributed by atoms with Crippen molar-refractivity contribution in [2.75, 3.05) is 50.0 Å². The summed E-state index contributed by atoms with van der Waals surface area (Å²) in [5, 5.41) is 3.23. The Morgan fingerprint density at radius 1 is 1.06 bits per heavy atom. The first-order chi connectivity index (χ1) is 16.8. The molecule has 5 rings (SSSR count). The van der Waals surface area contributed by atoms with Crippen LogP contribution < -0.4 is 15.0 Å². The van der Waals surface area contributed by atoms with Crippen LogP contribution in [0.1, 0.15) is 31.9 Å². The average molecular weight is 481 g/mol. The number of amidine groups is 1. The molecule has 1 fully saturated rings. The third-order valence-electron chi connectivity index (χ3n) is 6.60. The first kappa shape index (κ1) is 23.4. The number of nitrogens with one attached hydrogen (secondary N) is 1. The van der Waals surface area contributed by atoms with Crippen LogP contribution in [-0.2, 0) is 6.42 Å². The first-order valence-electron chi connectivity index (χ1n) is 12.0. The Kier molecular flexibility index (Phi) is 6.27. The first-order valence-corrected chi connectivity index (χ1v) is 12.0. The number of likely N-dealkylation sites (N-methyl/N-ethyl adjacent to an activating group) is 1. The standard InChI is InChI=1S/C26H30F2N6O/c1-15(2)18-12-21(29-14-18)30-22-13-23(32-26(31-22)34-7-5-33(4)6-8-34)35-25-20(27)11-17-9-16(3)10-19(17)24(25)28/h10-13,15H,5-9,14H2,1-4H3,(H,29,30,31,32). The molecule has 3 aliphatic rings. The fourth-order valence-electron chi connectivity index (χ4n) is 4.44. The van der Waals surface area contributed by atoms with Gasteiger partial charge in [0.2, 0.25) is 17.6 Å². The maximum absolute atomic E-state index is 15.2. The van der Waals surface area contributed by atoms with Crippen molar-refractivity contribution < 1.29 is 13.5 Å². The van der Waals surface area contributed by atoms with Gasteiger partial charge in [-0.25, -0.2) is 8.78 Å². The van der Waals surface area contributed by atoms with Gasteiger partial charge in [0.15, 0.2) is 11.6 Å². The highest BCUT2D eigenvalue weighted by atomic mass is 19.1. The van der Waals surface area contributed by atoms with Crippen molar-refractivity contribution in [2.24, 2.45) is 10.9 Å². The Morgan fingerprint density at radius 2 is 1.83 bits per heavy atom. The smallest absolute Gasteiger partial charge is 0.230 e. The second kappa shape index (κ2) is 9.37. The molecular weight excluding hydrogens is 450 g/mol. The van der Waals surface area contributed by atoms with Gasteiger partial charge in [0.05, 0.1) is 6.54 Å². The fourth-order valence-corrected chi connectivity index (χ4v) is 4.44. The van der Waals surface area contributed by atoms with Gasteiger partial charge in [0.25, 0.3) is 0 Å². The summed E-state index contributed by atoms with van der Waals surface area (Å²) in [5.74, 6) is 0.150. The minimum absolute atomic E-state index is 0.0690. The Hall–Kier alpha value is -3.33. The minimum Gasteiger partial charge on any atom is -0.433 e. The van der Waals surface area contributed by atoms with E-state index in [1.165, 1.54) is 11.6 Å². The molecule has 0 bridgehead atoms. The van der Waals surface area contributed by atoms with E-state index < -0.39 is 17.4 Å². The zero-order chi connectivity index (χ0) is 24.7. The predicted molar refractivity (Wildman–Crippen MR) is 134 cm³/mol. The Morgan fingerprint density at radius 3 is 2.54 bits per heavy atom. The molecule has 3 heterocycles. The van der Waals surface area contributed by atoms with Crippen molar-refractivity contribution >= 4 is 23.7 Å². The molecule has 0 radical (unpaired) electrons. The van der Waals surface area contributed by atoms with Crippen molar-refractivity contribution in [1.82, 2.24) is 14.9 Å². The van der Waals surface area contributed by atoms with Gasteiger partial charge in [-0.15, -0.1) is 0 Å². The second-order valence-corrected chi connectivity index (χ2v) is 9.73. The molecule has 1 N–H and O–H groups in total. The van der Waals surface area contributed by atoms with Crippen molar-refractivity contribution in [2.45, 2.75) is 27.2 Å².